The predicted octanol–water partition coefficient (Wildman–Crippen LogP) is 3.09. The number of rotatable bonds is 11. The molecule has 0 spiro atoms. The van der Waals surface area contributed by atoms with Gasteiger partial charge in [0.2, 0.25) is 11.8 Å². The van der Waals surface area contributed by atoms with Crippen LogP contribution in [0, 0.1) is 5.92 Å². The summed E-state index contributed by atoms with van der Waals surface area (Å²) in [5.74, 6) is 0.0558. The van der Waals surface area contributed by atoms with Gasteiger partial charge in [0.15, 0.2) is 0 Å². The highest BCUT2D eigenvalue weighted by molar-refractivity contribution is 5.90. The van der Waals surface area contributed by atoms with Crippen LogP contribution in [0.1, 0.15) is 52.9 Å². The lowest BCUT2D eigenvalue weighted by Gasteiger charge is -2.14. The minimum Gasteiger partial charge on any atom is -0.354 e. The van der Waals surface area contributed by atoms with E-state index in [1.165, 1.54) is 4.57 Å². The zero-order chi connectivity index (χ0) is 19.4. The van der Waals surface area contributed by atoms with E-state index in [0.29, 0.717) is 18.9 Å². The Morgan fingerprint density at radius 1 is 1.23 bits per heavy atom. The topological polar surface area (TPSA) is 80.2 Å². The minimum atomic E-state index is -0.369. The highest BCUT2D eigenvalue weighted by Crippen LogP contribution is 2.05. The van der Waals surface area contributed by atoms with Crippen LogP contribution in [0.5, 0.6) is 0 Å². The molecular formula is C20H31N3O3. The molecule has 0 unspecified atom stereocenters. The number of pyridine rings is 1. The van der Waals surface area contributed by atoms with Crippen molar-refractivity contribution in [2.24, 2.45) is 5.92 Å². The van der Waals surface area contributed by atoms with Gasteiger partial charge in [0.1, 0.15) is 12.2 Å². The van der Waals surface area contributed by atoms with Crippen molar-refractivity contribution in [2.75, 3.05) is 11.9 Å². The van der Waals surface area contributed by atoms with E-state index in [1.54, 1.807) is 18.3 Å². The minimum absolute atomic E-state index is 0.0516. The second kappa shape index (κ2) is 12.1. The zero-order valence-electron chi connectivity index (χ0n) is 16.1. The monoisotopic (exact) mass is 361 g/mol. The lowest BCUT2D eigenvalue weighted by Crippen LogP contribution is -2.35. The number of hydrogen-bond donors (Lipinski definition) is 2. The smallest absolute Gasteiger partial charge is 0.274 e. The maximum atomic E-state index is 12.4. The number of anilines is 1. The second-order valence-electron chi connectivity index (χ2n) is 6.35. The summed E-state index contributed by atoms with van der Waals surface area (Å²) in [7, 11) is 0. The number of carbonyl (C=O) groups is 2. The van der Waals surface area contributed by atoms with Crippen LogP contribution < -0.4 is 16.2 Å². The first-order valence-electron chi connectivity index (χ1n) is 9.38. The zero-order valence-corrected chi connectivity index (χ0v) is 16.1. The number of amides is 2. The summed E-state index contributed by atoms with van der Waals surface area (Å²) in [6, 6.07) is 3.22. The molecule has 1 heterocycles. The summed E-state index contributed by atoms with van der Waals surface area (Å²) >= 11 is 0. The average molecular weight is 361 g/mol. The molecule has 6 nitrogen and oxygen atoms in total. The third-order valence-corrected chi connectivity index (χ3v) is 4.36. The third-order valence-electron chi connectivity index (χ3n) is 4.36. The fourth-order valence-electron chi connectivity index (χ4n) is 2.56. The van der Waals surface area contributed by atoms with E-state index in [0.717, 1.165) is 25.7 Å². The van der Waals surface area contributed by atoms with Gasteiger partial charge in [0, 0.05) is 19.2 Å². The molecule has 0 atom stereocenters. The van der Waals surface area contributed by atoms with Crippen molar-refractivity contribution in [1.82, 2.24) is 9.88 Å². The molecular weight excluding hydrogens is 330 g/mol. The van der Waals surface area contributed by atoms with Crippen LogP contribution in [0.3, 0.4) is 0 Å². The summed E-state index contributed by atoms with van der Waals surface area (Å²) < 4.78 is 1.32. The Hall–Kier alpha value is -2.37. The molecule has 0 aliphatic rings. The van der Waals surface area contributed by atoms with Crippen LogP contribution >= 0.6 is 0 Å². The first kappa shape index (κ1) is 21.7. The van der Waals surface area contributed by atoms with E-state index in [9.17, 15) is 14.4 Å². The predicted molar refractivity (Wildman–Crippen MR) is 105 cm³/mol. The van der Waals surface area contributed by atoms with Crippen molar-refractivity contribution in [2.45, 2.75) is 59.4 Å². The molecule has 26 heavy (non-hydrogen) atoms. The summed E-state index contributed by atoms with van der Waals surface area (Å²) in [5, 5.41) is 5.51. The average Bonchev–Trinajstić information content (AvgIpc) is 2.63. The maximum Gasteiger partial charge on any atom is 0.274 e. The van der Waals surface area contributed by atoms with Gasteiger partial charge in [-0.1, -0.05) is 38.8 Å². The number of nitrogens with zero attached hydrogens (tertiary/aromatic N) is 1. The van der Waals surface area contributed by atoms with E-state index in [1.807, 2.05) is 19.1 Å². The second-order valence-corrected chi connectivity index (χ2v) is 6.35. The standard InChI is InChI=1S/C20H31N3O3/c1-4-7-8-9-12-18(24)22-17-11-10-13-23(20(17)26)15-19(25)21-14-16(5-2)6-3/h4,7,10-11,13,16H,5-6,8-9,12,14-15H2,1-3H3,(H,21,25)(H,22,24). The number of unbranched alkanes of at least 4 members (excludes halogenated alkanes) is 1. The molecule has 2 amide bonds. The molecule has 0 aliphatic carbocycles. The number of hydrogen-bond acceptors (Lipinski definition) is 3. The molecule has 0 saturated heterocycles. The molecule has 144 valence electrons. The van der Waals surface area contributed by atoms with Crippen LogP contribution in [0.25, 0.3) is 0 Å². The van der Waals surface area contributed by atoms with Crippen molar-refractivity contribution in [3.63, 3.8) is 0 Å². The van der Waals surface area contributed by atoms with Gasteiger partial charge in [-0.15, -0.1) is 0 Å². The first-order chi connectivity index (χ1) is 12.5. The van der Waals surface area contributed by atoms with Gasteiger partial charge in [-0.3, -0.25) is 14.4 Å². The molecule has 1 aromatic rings. The SMILES string of the molecule is CC=CCCCC(=O)Nc1cccn(CC(=O)NCC(CC)CC)c1=O. The van der Waals surface area contributed by atoms with Gasteiger partial charge in [-0.05, 0) is 37.8 Å². The number of allylic oxidation sites excluding steroid dienone is 2. The third kappa shape index (κ3) is 7.68. The Balaban J connectivity index is 2.61. The molecule has 0 fully saturated rings. The van der Waals surface area contributed by atoms with Crippen LogP contribution in [-0.2, 0) is 16.1 Å². The van der Waals surface area contributed by atoms with E-state index >= 15 is 0 Å². The molecule has 0 aromatic carbocycles. The summed E-state index contributed by atoms with van der Waals surface area (Å²) in [5.41, 5.74) is -0.164. The van der Waals surface area contributed by atoms with Crippen LogP contribution in [0.4, 0.5) is 5.69 Å². The molecule has 0 bridgehead atoms. The number of carbonyl (C=O) groups excluding carboxylic acids is 2. The molecule has 0 radical (unpaired) electrons. The molecule has 6 heteroatoms. The van der Waals surface area contributed by atoms with Crippen LogP contribution in [0.15, 0.2) is 35.3 Å². The van der Waals surface area contributed by atoms with Gasteiger partial charge in [0.05, 0.1) is 0 Å². The maximum absolute atomic E-state index is 12.4. The quantitative estimate of drug-likeness (QED) is 0.469. The van der Waals surface area contributed by atoms with E-state index < -0.39 is 0 Å². The summed E-state index contributed by atoms with van der Waals surface area (Å²) in [4.78, 5) is 36.4. The van der Waals surface area contributed by atoms with Crippen LogP contribution in [-0.4, -0.2) is 22.9 Å². The molecule has 1 aromatic heterocycles. The van der Waals surface area contributed by atoms with Gasteiger partial charge in [-0.2, -0.15) is 0 Å². The summed E-state index contributed by atoms with van der Waals surface area (Å²) in [6.07, 6.45) is 9.44. The fraction of sp³-hybridized carbons (Fsp3) is 0.550. The largest absolute Gasteiger partial charge is 0.354 e. The fourth-order valence-corrected chi connectivity index (χ4v) is 2.56. The van der Waals surface area contributed by atoms with Gasteiger partial charge < -0.3 is 15.2 Å². The highest BCUT2D eigenvalue weighted by Gasteiger charge is 2.11. The van der Waals surface area contributed by atoms with Crippen molar-refractivity contribution >= 4 is 17.5 Å². The summed E-state index contributed by atoms with van der Waals surface area (Å²) in [6.45, 7) is 6.69. The molecule has 1 rings (SSSR count). The number of nitrogens with one attached hydrogen (secondary N) is 2. The van der Waals surface area contributed by atoms with Crippen molar-refractivity contribution < 1.29 is 9.59 Å². The number of aromatic nitrogens is 1. The Bertz CT molecular complexity index is 661. The molecule has 2 N–H and O–H groups in total. The molecule has 0 aliphatic heterocycles. The Morgan fingerprint density at radius 2 is 1.96 bits per heavy atom. The van der Waals surface area contributed by atoms with Gasteiger partial charge >= 0.3 is 0 Å². The van der Waals surface area contributed by atoms with Gasteiger partial charge in [0.25, 0.3) is 5.56 Å². The Kier molecular flexibility index (Phi) is 10.1. The van der Waals surface area contributed by atoms with Crippen LogP contribution in [0.2, 0.25) is 0 Å². The van der Waals surface area contributed by atoms with E-state index in [4.69, 9.17) is 0 Å². The normalized spacial score (nSPS) is 11.1. The van der Waals surface area contributed by atoms with E-state index in [-0.39, 0.29) is 29.6 Å². The lowest BCUT2D eigenvalue weighted by atomic mass is 10.0. The van der Waals surface area contributed by atoms with Crippen molar-refractivity contribution in [3.05, 3.63) is 40.8 Å². The Labute approximate surface area is 155 Å². The van der Waals surface area contributed by atoms with Crippen molar-refractivity contribution in [3.8, 4) is 0 Å². The lowest BCUT2D eigenvalue weighted by molar-refractivity contribution is -0.122. The van der Waals surface area contributed by atoms with E-state index in [2.05, 4.69) is 24.5 Å². The van der Waals surface area contributed by atoms with Crippen molar-refractivity contribution in [1.29, 1.82) is 0 Å². The first-order valence-corrected chi connectivity index (χ1v) is 9.38. The highest BCUT2D eigenvalue weighted by atomic mass is 16.2. The Morgan fingerprint density at radius 3 is 2.62 bits per heavy atom. The van der Waals surface area contributed by atoms with Gasteiger partial charge in [-0.25, -0.2) is 0 Å². The molecule has 0 saturated carbocycles.